The minimum atomic E-state index is -0.0157. The summed E-state index contributed by atoms with van der Waals surface area (Å²) >= 11 is 1.46. The molecule has 0 saturated carbocycles. The van der Waals surface area contributed by atoms with Crippen molar-refractivity contribution in [3.05, 3.63) is 47.1 Å². The normalized spacial score (nSPS) is 16.3. The second-order valence-corrected chi connectivity index (χ2v) is 6.85. The van der Waals surface area contributed by atoms with E-state index in [-0.39, 0.29) is 6.10 Å². The van der Waals surface area contributed by atoms with Crippen LogP contribution >= 0.6 is 11.3 Å². The molecule has 1 aromatic carbocycles. The monoisotopic (exact) mass is 341 g/mol. The summed E-state index contributed by atoms with van der Waals surface area (Å²) in [6.45, 7) is 5.50. The Balaban J connectivity index is 1.59. The molecule has 0 aliphatic carbocycles. The Hall–Kier alpha value is -2.47. The van der Waals surface area contributed by atoms with E-state index in [0.29, 0.717) is 11.7 Å². The summed E-state index contributed by atoms with van der Waals surface area (Å²) in [4.78, 5) is 4.40. The van der Waals surface area contributed by atoms with Crippen LogP contribution in [0.2, 0.25) is 0 Å². The van der Waals surface area contributed by atoms with Gasteiger partial charge in [-0.2, -0.15) is 0 Å². The van der Waals surface area contributed by atoms with E-state index in [1.807, 2.05) is 29.6 Å². The number of nitrogens with two attached hydrogens (primary N) is 1. The van der Waals surface area contributed by atoms with Crippen LogP contribution in [0.15, 0.2) is 35.7 Å². The van der Waals surface area contributed by atoms with Gasteiger partial charge in [-0.15, -0.1) is 11.3 Å². The van der Waals surface area contributed by atoms with E-state index in [1.165, 1.54) is 22.7 Å². The van der Waals surface area contributed by atoms with Gasteiger partial charge in [-0.3, -0.25) is 0 Å². The number of benzene rings is 1. The van der Waals surface area contributed by atoms with E-state index < -0.39 is 0 Å². The Labute approximate surface area is 144 Å². The topological polar surface area (TPSA) is 62.3 Å². The van der Waals surface area contributed by atoms with Crippen LogP contribution in [0.1, 0.15) is 11.4 Å². The van der Waals surface area contributed by atoms with Crippen molar-refractivity contribution < 1.29 is 9.47 Å². The van der Waals surface area contributed by atoms with Crippen LogP contribution in [0.4, 0.5) is 5.13 Å². The van der Waals surface area contributed by atoms with Crippen molar-refractivity contribution in [3.8, 4) is 22.8 Å². The van der Waals surface area contributed by atoms with Gasteiger partial charge in [-0.05, 0) is 32.0 Å². The first-order valence-electron chi connectivity index (χ1n) is 7.88. The van der Waals surface area contributed by atoms with E-state index in [0.717, 1.165) is 29.3 Å². The predicted molar refractivity (Wildman–Crippen MR) is 95.8 cm³/mol. The predicted octanol–water partition coefficient (Wildman–Crippen LogP) is 3.65. The van der Waals surface area contributed by atoms with Crippen LogP contribution in [0.5, 0.6) is 11.5 Å². The van der Waals surface area contributed by atoms with Crippen molar-refractivity contribution in [2.75, 3.05) is 12.3 Å². The quantitative estimate of drug-likeness (QED) is 0.790. The Morgan fingerprint density at radius 2 is 2.08 bits per heavy atom. The molecule has 0 saturated heterocycles. The summed E-state index contributed by atoms with van der Waals surface area (Å²) in [7, 11) is 0. The third-order valence-electron chi connectivity index (χ3n) is 4.33. The van der Waals surface area contributed by atoms with Crippen molar-refractivity contribution >= 4 is 16.5 Å². The van der Waals surface area contributed by atoms with Crippen LogP contribution in [-0.2, 0) is 6.54 Å². The van der Waals surface area contributed by atoms with E-state index in [2.05, 4.69) is 29.5 Å². The summed E-state index contributed by atoms with van der Waals surface area (Å²) < 4.78 is 14.2. The Bertz CT molecular complexity index is 884. The van der Waals surface area contributed by atoms with Gasteiger partial charge in [0.2, 0.25) is 0 Å². The number of ether oxygens (including phenoxy) is 2. The molecule has 4 rings (SSSR count). The molecule has 1 atom stereocenters. The number of fused-ring (bicyclic) bond motifs is 1. The van der Waals surface area contributed by atoms with Gasteiger partial charge in [0.25, 0.3) is 0 Å². The average Bonchev–Trinajstić information content (AvgIpc) is 3.13. The zero-order chi connectivity index (χ0) is 16.7. The molecular formula is C18H19N3O2S. The molecule has 24 heavy (non-hydrogen) atoms. The standard InChI is InChI=1S/C18H19N3O2S/c1-11-7-14(15-10-24-18(19)20-15)12(2)21(11)8-13-9-22-16-5-3-4-6-17(16)23-13/h3-7,10,13H,8-9H2,1-2H3,(H2,19,20)/t13-/m0/s1. The molecular weight excluding hydrogens is 322 g/mol. The fourth-order valence-electron chi connectivity index (χ4n) is 3.11. The Morgan fingerprint density at radius 1 is 1.29 bits per heavy atom. The molecule has 2 aromatic heterocycles. The van der Waals surface area contributed by atoms with Gasteiger partial charge in [0.1, 0.15) is 6.61 Å². The van der Waals surface area contributed by atoms with Gasteiger partial charge in [-0.1, -0.05) is 12.1 Å². The van der Waals surface area contributed by atoms with Gasteiger partial charge in [0, 0.05) is 22.3 Å². The smallest absolute Gasteiger partial charge is 0.180 e. The molecule has 0 fully saturated rings. The molecule has 1 aliphatic heterocycles. The fourth-order valence-corrected chi connectivity index (χ4v) is 3.67. The summed E-state index contributed by atoms with van der Waals surface area (Å²) in [5.74, 6) is 1.62. The van der Waals surface area contributed by atoms with Gasteiger partial charge in [0.15, 0.2) is 22.7 Å². The number of hydrogen-bond acceptors (Lipinski definition) is 5. The molecule has 3 heterocycles. The number of aryl methyl sites for hydroxylation is 1. The zero-order valence-corrected chi connectivity index (χ0v) is 14.5. The molecule has 0 amide bonds. The molecule has 124 valence electrons. The lowest BCUT2D eigenvalue weighted by Gasteiger charge is -2.27. The molecule has 5 nitrogen and oxygen atoms in total. The second kappa shape index (κ2) is 5.87. The number of hydrogen-bond donors (Lipinski definition) is 1. The Morgan fingerprint density at radius 3 is 2.83 bits per heavy atom. The van der Waals surface area contributed by atoms with Crippen molar-refractivity contribution in [1.29, 1.82) is 0 Å². The summed E-state index contributed by atoms with van der Waals surface area (Å²) in [5, 5.41) is 2.59. The number of para-hydroxylation sites is 2. The van der Waals surface area contributed by atoms with Gasteiger partial charge in [0.05, 0.1) is 12.2 Å². The number of nitrogens with zero attached hydrogens (tertiary/aromatic N) is 2. The number of rotatable bonds is 3. The van der Waals surface area contributed by atoms with E-state index in [4.69, 9.17) is 15.2 Å². The summed E-state index contributed by atoms with van der Waals surface area (Å²) in [5.41, 5.74) is 10.2. The molecule has 2 N–H and O–H groups in total. The lowest BCUT2D eigenvalue weighted by Crippen LogP contribution is -2.33. The highest BCUT2D eigenvalue weighted by Crippen LogP contribution is 2.33. The maximum absolute atomic E-state index is 6.09. The molecule has 6 heteroatoms. The fraction of sp³-hybridized carbons (Fsp3) is 0.278. The highest BCUT2D eigenvalue weighted by atomic mass is 32.1. The van der Waals surface area contributed by atoms with Crippen LogP contribution in [0.3, 0.4) is 0 Å². The summed E-state index contributed by atoms with van der Waals surface area (Å²) in [6.07, 6.45) is -0.0157. The Kier molecular flexibility index (Phi) is 3.69. The molecule has 0 bridgehead atoms. The summed E-state index contributed by atoms with van der Waals surface area (Å²) in [6, 6.07) is 9.94. The van der Waals surface area contributed by atoms with Gasteiger partial charge >= 0.3 is 0 Å². The minimum absolute atomic E-state index is 0.0157. The molecule has 3 aromatic rings. The highest BCUT2D eigenvalue weighted by Gasteiger charge is 2.23. The first kappa shape index (κ1) is 15.1. The number of nitrogen functional groups attached to an aromatic ring is 1. The minimum Gasteiger partial charge on any atom is -0.486 e. The van der Waals surface area contributed by atoms with Crippen molar-refractivity contribution in [2.24, 2.45) is 0 Å². The number of aromatic nitrogens is 2. The van der Waals surface area contributed by atoms with Gasteiger partial charge in [-0.25, -0.2) is 4.98 Å². The SMILES string of the molecule is Cc1cc(-c2csc(N)n2)c(C)n1C[C@H]1COc2ccccc2O1. The average molecular weight is 341 g/mol. The third-order valence-corrected chi connectivity index (χ3v) is 5.00. The lowest BCUT2D eigenvalue weighted by atomic mass is 10.2. The maximum atomic E-state index is 6.09. The first-order valence-corrected chi connectivity index (χ1v) is 8.76. The first-order chi connectivity index (χ1) is 11.6. The van der Waals surface area contributed by atoms with E-state index >= 15 is 0 Å². The molecule has 0 unspecified atom stereocenters. The van der Waals surface area contributed by atoms with Crippen LogP contribution in [0, 0.1) is 13.8 Å². The van der Waals surface area contributed by atoms with Gasteiger partial charge < -0.3 is 19.8 Å². The van der Waals surface area contributed by atoms with Crippen molar-refractivity contribution in [1.82, 2.24) is 9.55 Å². The highest BCUT2D eigenvalue weighted by molar-refractivity contribution is 7.13. The largest absolute Gasteiger partial charge is 0.486 e. The van der Waals surface area contributed by atoms with Crippen LogP contribution in [-0.4, -0.2) is 22.3 Å². The third kappa shape index (κ3) is 2.63. The number of anilines is 1. The van der Waals surface area contributed by atoms with Crippen molar-refractivity contribution in [3.63, 3.8) is 0 Å². The lowest BCUT2D eigenvalue weighted by molar-refractivity contribution is 0.0778. The van der Waals surface area contributed by atoms with E-state index in [9.17, 15) is 0 Å². The van der Waals surface area contributed by atoms with E-state index in [1.54, 1.807) is 0 Å². The maximum Gasteiger partial charge on any atom is 0.180 e. The molecule has 0 radical (unpaired) electrons. The van der Waals surface area contributed by atoms with Crippen molar-refractivity contribution in [2.45, 2.75) is 26.5 Å². The second-order valence-electron chi connectivity index (χ2n) is 5.96. The molecule has 0 spiro atoms. The molecule has 1 aliphatic rings. The van der Waals surface area contributed by atoms with Crippen LogP contribution < -0.4 is 15.2 Å². The number of thiazole rings is 1. The zero-order valence-electron chi connectivity index (χ0n) is 13.7. The van der Waals surface area contributed by atoms with Crippen LogP contribution in [0.25, 0.3) is 11.3 Å².